The minimum absolute atomic E-state index is 0.119. The van der Waals surface area contributed by atoms with Crippen LogP contribution in [0.15, 0.2) is 18.2 Å². The van der Waals surface area contributed by atoms with Crippen molar-refractivity contribution in [2.45, 2.75) is 33.6 Å². The molecule has 0 unspecified atom stereocenters. The number of fused-ring (bicyclic) bond motifs is 1. The lowest BCUT2D eigenvalue weighted by Crippen LogP contribution is -2.34. The van der Waals surface area contributed by atoms with Crippen LogP contribution in [0.5, 0.6) is 5.75 Å². The van der Waals surface area contributed by atoms with E-state index in [2.05, 4.69) is 11.8 Å². The fourth-order valence-corrected chi connectivity index (χ4v) is 2.22. The first-order chi connectivity index (χ1) is 9.40. The molecule has 0 aliphatic carbocycles. The predicted octanol–water partition coefficient (Wildman–Crippen LogP) is 3.02. The Morgan fingerprint density at radius 3 is 2.75 bits per heavy atom. The van der Waals surface area contributed by atoms with Crippen LogP contribution in [0.3, 0.4) is 0 Å². The van der Waals surface area contributed by atoms with E-state index in [0.717, 1.165) is 36.4 Å². The molecule has 1 aromatic rings. The number of aryl methyl sites for hydroxylation is 1. The van der Waals surface area contributed by atoms with Gasteiger partial charge in [-0.1, -0.05) is 5.92 Å². The first-order valence-electron chi connectivity index (χ1n) is 6.92. The number of amides is 1. The Morgan fingerprint density at radius 2 is 2.10 bits per heavy atom. The van der Waals surface area contributed by atoms with Crippen molar-refractivity contribution in [2.75, 3.05) is 18.6 Å². The van der Waals surface area contributed by atoms with Crippen molar-refractivity contribution in [3.05, 3.63) is 23.8 Å². The lowest BCUT2D eigenvalue weighted by atomic mass is 9.97. The highest BCUT2D eigenvalue weighted by molar-refractivity contribution is 6.06. The zero-order valence-corrected chi connectivity index (χ0v) is 12.6. The quantitative estimate of drug-likeness (QED) is 0.735. The summed E-state index contributed by atoms with van der Waals surface area (Å²) >= 11 is 0. The van der Waals surface area contributed by atoms with Gasteiger partial charge in [-0.15, -0.1) is 0 Å². The van der Waals surface area contributed by atoms with Gasteiger partial charge < -0.3 is 9.64 Å². The lowest BCUT2D eigenvalue weighted by molar-refractivity contribution is -0.113. The standard InChI is InChI=1S/C17H21NO2/c1-17(2,3)10-9-16(19)18-11-5-6-13-12-14(20-4)7-8-15(13)18/h7-8,12H,5-6,11H2,1-4H3. The minimum atomic E-state index is -0.159. The average molecular weight is 271 g/mol. The third-order valence-electron chi connectivity index (χ3n) is 3.19. The van der Waals surface area contributed by atoms with Crippen molar-refractivity contribution >= 4 is 11.6 Å². The Labute approximate surface area is 120 Å². The molecule has 0 atom stereocenters. The molecule has 1 aromatic carbocycles. The topological polar surface area (TPSA) is 29.5 Å². The van der Waals surface area contributed by atoms with E-state index in [1.165, 1.54) is 0 Å². The average Bonchev–Trinajstić information content (AvgIpc) is 2.42. The van der Waals surface area contributed by atoms with Gasteiger partial charge in [-0.05, 0) is 63.3 Å². The SMILES string of the molecule is COc1ccc2c(c1)CCCN2C(=O)C#CC(C)(C)C. The van der Waals surface area contributed by atoms with Crippen molar-refractivity contribution in [1.82, 2.24) is 0 Å². The van der Waals surface area contributed by atoms with Crippen LogP contribution < -0.4 is 9.64 Å². The molecular formula is C17H21NO2. The normalized spacial score (nSPS) is 14.1. The van der Waals surface area contributed by atoms with Crippen molar-refractivity contribution in [3.8, 4) is 17.6 Å². The first-order valence-corrected chi connectivity index (χ1v) is 6.92. The maximum absolute atomic E-state index is 12.3. The number of carbonyl (C=O) groups is 1. The van der Waals surface area contributed by atoms with Gasteiger partial charge in [0.2, 0.25) is 0 Å². The molecule has 1 heterocycles. The summed E-state index contributed by atoms with van der Waals surface area (Å²) in [5, 5.41) is 0. The van der Waals surface area contributed by atoms with Crippen LogP contribution in [0, 0.1) is 17.3 Å². The molecule has 0 N–H and O–H groups in total. The van der Waals surface area contributed by atoms with Crippen LogP contribution in [0.4, 0.5) is 5.69 Å². The number of rotatable bonds is 1. The number of carbonyl (C=O) groups excluding carboxylic acids is 1. The molecular weight excluding hydrogens is 250 g/mol. The van der Waals surface area contributed by atoms with Gasteiger partial charge in [0.15, 0.2) is 0 Å². The summed E-state index contributed by atoms with van der Waals surface area (Å²) in [6.07, 6.45) is 1.94. The Balaban J connectivity index is 2.28. The van der Waals surface area contributed by atoms with E-state index >= 15 is 0 Å². The van der Waals surface area contributed by atoms with Gasteiger partial charge >= 0.3 is 5.91 Å². The third kappa shape index (κ3) is 3.33. The minimum Gasteiger partial charge on any atom is -0.497 e. The van der Waals surface area contributed by atoms with Gasteiger partial charge in [0.25, 0.3) is 0 Å². The van der Waals surface area contributed by atoms with Gasteiger partial charge in [0.05, 0.1) is 7.11 Å². The summed E-state index contributed by atoms with van der Waals surface area (Å²) in [7, 11) is 1.66. The number of benzene rings is 1. The number of nitrogens with zero attached hydrogens (tertiary/aromatic N) is 1. The van der Waals surface area contributed by atoms with Crippen LogP contribution in [-0.2, 0) is 11.2 Å². The summed E-state index contributed by atoms with van der Waals surface area (Å²) in [6, 6.07) is 5.84. The van der Waals surface area contributed by atoms with Crippen molar-refractivity contribution in [2.24, 2.45) is 5.41 Å². The van der Waals surface area contributed by atoms with E-state index < -0.39 is 0 Å². The maximum atomic E-state index is 12.3. The van der Waals surface area contributed by atoms with Crippen molar-refractivity contribution in [3.63, 3.8) is 0 Å². The van der Waals surface area contributed by atoms with Crippen LogP contribution in [0.2, 0.25) is 0 Å². The summed E-state index contributed by atoms with van der Waals surface area (Å²) in [4.78, 5) is 14.1. The Bertz CT molecular complexity index is 573. The number of anilines is 1. The van der Waals surface area contributed by atoms with E-state index in [0.29, 0.717) is 0 Å². The molecule has 0 saturated carbocycles. The number of hydrogen-bond donors (Lipinski definition) is 0. The molecule has 0 aromatic heterocycles. The van der Waals surface area contributed by atoms with Crippen LogP contribution in [0.1, 0.15) is 32.8 Å². The van der Waals surface area contributed by atoms with Gasteiger partial charge in [-0.25, -0.2) is 0 Å². The molecule has 0 fully saturated rings. The molecule has 3 nitrogen and oxygen atoms in total. The number of methoxy groups -OCH3 is 1. The van der Waals surface area contributed by atoms with Crippen LogP contribution >= 0.6 is 0 Å². The second kappa shape index (κ2) is 5.58. The lowest BCUT2D eigenvalue weighted by Gasteiger charge is -2.28. The monoisotopic (exact) mass is 271 g/mol. The second-order valence-electron chi connectivity index (χ2n) is 6.05. The second-order valence-corrected chi connectivity index (χ2v) is 6.05. The molecule has 0 bridgehead atoms. The fourth-order valence-electron chi connectivity index (χ4n) is 2.22. The Kier molecular flexibility index (Phi) is 4.04. The Morgan fingerprint density at radius 1 is 1.35 bits per heavy atom. The molecule has 20 heavy (non-hydrogen) atoms. The molecule has 1 aliphatic rings. The van der Waals surface area contributed by atoms with E-state index in [1.54, 1.807) is 12.0 Å². The highest BCUT2D eigenvalue weighted by Crippen LogP contribution is 2.30. The van der Waals surface area contributed by atoms with E-state index in [1.807, 2.05) is 39.0 Å². The van der Waals surface area contributed by atoms with Gasteiger partial charge in [-0.3, -0.25) is 4.79 Å². The van der Waals surface area contributed by atoms with E-state index in [-0.39, 0.29) is 11.3 Å². The van der Waals surface area contributed by atoms with Gasteiger partial charge in [0.1, 0.15) is 5.75 Å². The molecule has 1 amide bonds. The summed E-state index contributed by atoms with van der Waals surface area (Å²) in [6.45, 7) is 6.74. The molecule has 2 rings (SSSR count). The molecule has 0 radical (unpaired) electrons. The number of ether oxygens (including phenoxy) is 1. The van der Waals surface area contributed by atoms with Crippen LogP contribution in [-0.4, -0.2) is 19.6 Å². The van der Waals surface area contributed by atoms with Crippen LogP contribution in [0.25, 0.3) is 0 Å². The zero-order chi connectivity index (χ0) is 14.8. The Hall–Kier alpha value is -1.95. The zero-order valence-electron chi connectivity index (χ0n) is 12.6. The maximum Gasteiger partial charge on any atom is 0.302 e. The number of hydrogen-bond acceptors (Lipinski definition) is 2. The molecule has 0 saturated heterocycles. The highest BCUT2D eigenvalue weighted by atomic mass is 16.5. The highest BCUT2D eigenvalue weighted by Gasteiger charge is 2.22. The summed E-state index contributed by atoms with van der Waals surface area (Å²) in [5.74, 6) is 6.49. The molecule has 3 heteroatoms. The van der Waals surface area contributed by atoms with Gasteiger partial charge in [0, 0.05) is 17.6 Å². The van der Waals surface area contributed by atoms with Crippen molar-refractivity contribution < 1.29 is 9.53 Å². The van der Waals surface area contributed by atoms with E-state index in [9.17, 15) is 4.79 Å². The van der Waals surface area contributed by atoms with E-state index in [4.69, 9.17) is 4.74 Å². The molecule has 106 valence electrons. The first kappa shape index (κ1) is 14.5. The largest absolute Gasteiger partial charge is 0.497 e. The summed E-state index contributed by atoms with van der Waals surface area (Å²) in [5.41, 5.74) is 1.96. The summed E-state index contributed by atoms with van der Waals surface area (Å²) < 4.78 is 5.24. The fraction of sp³-hybridized carbons (Fsp3) is 0.471. The predicted molar refractivity (Wildman–Crippen MR) is 80.9 cm³/mol. The molecule has 1 aliphatic heterocycles. The molecule has 0 spiro atoms. The van der Waals surface area contributed by atoms with Gasteiger partial charge in [-0.2, -0.15) is 0 Å². The van der Waals surface area contributed by atoms with Crippen molar-refractivity contribution in [1.29, 1.82) is 0 Å². The smallest absolute Gasteiger partial charge is 0.302 e. The third-order valence-corrected chi connectivity index (χ3v) is 3.19.